The van der Waals surface area contributed by atoms with Crippen molar-refractivity contribution in [1.29, 1.82) is 0 Å². The van der Waals surface area contributed by atoms with Gasteiger partial charge in [0.1, 0.15) is 5.82 Å². The third kappa shape index (κ3) is 3.35. The van der Waals surface area contributed by atoms with E-state index in [1.54, 1.807) is 0 Å². The highest BCUT2D eigenvalue weighted by Gasteiger charge is 2.41. The number of hydrogen-bond donors (Lipinski definition) is 0. The first kappa shape index (κ1) is 25.1. The van der Waals surface area contributed by atoms with E-state index in [0.29, 0.717) is 0 Å². The highest BCUT2D eigenvalue weighted by atomic mass is 32.1. The summed E-state index contributed by atoms with van der Waals surface area (Å²) >= 11 is 1.82. The van der Waals surface area contributed by atoms with Gasteiger partial charge in [-0.25, -0.2) is 9.97 Å². The van der Waals surface area contributed by atoms with Crippen molar-refractivity contribution >= 4 is 64.1 Å². The smallest absolute Gasteiger partial charge is 0.163 e. The number of hydrogen-bond acceptors (Lipinski definition) is 3. The van der Waals surface area contributed by atoms with Crippen molar-refractivity contribution in [2.75, 3.05) is 0 Å². The zero-order chi connectivity index (χ0) is 29.9. The second-order valence-electron chi connectivity index (χ2n) is 12.6. The maximum absolute atomic E-state index is 5.59. The molecule has 45 heavy (non-hydrogen) atoms. The molecular formula is C41H27N3S. The Morgan fingerprint density at radius 2 is 1.27 bits per heavy atom. The molecule has 1 aliphatic carbocycles. The monoisotopic (exact) mass is 593 g/mol. The van der Waals surface area contributed by atoms with Gasteiger partial charge in [0.15, 0.2) is 5.82 Å². The lowest BCUT2D eigenvalue weighted by atomic mass is 9.82. The van der Waals surface area contributed by atoms with E-state index >= 15 is 0 Å². The van der Waals surface area contributed by atoms with Gasteiger partial charge in [-0.15, -0.1) is 11.3 Å². The SMILES string of the molecule is CC1(C)c2ccccc2-c2nc(-c3cccc4c3sc3ccccc34)nc(-n3c4ccccc4c4cc5ccccc5cc43)c21. The van der Waals surface area contributed by atoms with Gasteiger partial charge in [0.05, 0.1) is 16.7 Å². The van der Waals surface area contributed by atoms with Crippen LogP contribution in [-0.2, 0) is 5.41 Å². The van der Waals surface area contributed by atoms with Crippen molar-refractivity contribution in [3.63, 3.8) is 0 Å². The van der Waals surface area contributed by atoms with Crippen LogP contribution in [0.15, 0.2) is 127 Å². The molecule has 0 radical (unpaired) electrons. The molecule has 0 unspecified atom stereocenters. The molecule has 6 aromatic carbocycles. The molecule has 0 saturated carbocycles. The van der Waals surface area contributed by atoms with Crippen molar-refractivity contribution in [2.45, 2.75) is 19.3 Å². The number of thiophene rings is 1. The number of para-hydroxylation sites is 1. The third-order valence-corrected chi connectivity index (χ3v) is 11.0. The van der Waals surface area contributed by atoms with Crippen LogP contribution < -0.4 is 0 Å². The summed E-state index contributed by atoms with van der Waals surface area (Å²) in [5.74, 6) is 1.72. The average Bonchev–Trinajstić information content (AvgIpc) is 3.69. The van der Waals surface area contributed by atoms with Crippen LogP contribution in [0.25, 0.3) is 81.2 Å². The van der Waals surface area contributed by atoms with Gasteiger partial charge in [-0.05, 0) is 46.7 Å². The van der Waals surface area contributed by atoms with Crippen LogP contribution >= 0.6 is 11.3 Å². The fourth-order valence-electron chi connectivity index (χ4n) is 7.68. The second-order valence-corrected chi connectivity index (χ2v) is 13.7. The van der Waals surface area contributed by atoms with Crippen LogP contribution in [-0.4, -0.2) is 14.5 Å². The van der Waals surface area contributed by atoms with Gasteiger partial charge in [-0.1, -0.05) is 111 Å². The molecule has 10 rings (SSSR count). The molecule has 1 aliphatic rings. The second kappa shape index (κ2) is 8.87. The largest absolute Gasteiger partial charge is 0.293 e. The molecule has 0 fully saturated rings. The minimum absolute atomic E-state index is 0.280. The van der Waals surface area contributed by atoms with E-state index in [4.69, 9.17) is 9.97 Å². The normalized spacial score (nSPS) is 13.7. The molecular weight excluding hydrogens is 567 g/mol. The van der Waals surface area contributed by atoms with Gasteiger partial charge in [-0.3, -0.25) is 4.57 Å². The Hall–Kier alpha value is -5.32. The van der Waals surface area contributed by atoms with Crippen molar-refractivity contribution in [3.05, 3.63) is 139 Å². The van der Waals surface area contributed by atoms with E-state index < -0.39 is 0 Å². The van der Waals surface area contributed by atoms with Gasteiger partial charge in [-0.2, -0.15) is 0 Å². The quantitative estimate of drug-likeness (QED) is 0.200. The van der Waals surface area contributed by atoms with E-state index in [0.717, 1.165) is 33.9 Å². The summed E-state index contributed by atoms with van der Waals surface area (Å²) < 4.78 is 4.91. The minimum Gasteiger partial charge on any atom is -0.293 e. The standard InChI is InChI=1S/C41H27N3S/c1-41(2)32-19-8-5-16-29(32)37-36(41)40(43-39(42-37)30-18-11-17-28-27-15-7-10-21-35(27)45-38(28)30)44-33-20-9-6-14-26(33)31-22-24-12-3-4-13-25(24)23-34(31)44/h3-23H,1-2H3. The van der Waals surface area contributed by atoms with E-state index in [9.17, 15) is 0 Å². The van der Waals surface area contributed by atoms with Crippen molar-refractivity contribution in [3.8, 4) is 28.5 Å². The van der Waals surface area contributed by atoms with Crippen molar-refractivity contribution < 1.29 is 0 Å². The lowest BCUT2D eigenvalue weighted by Gasteiger charge is -2.24. The van der Waals surface area contributed by atoms with E-state index in [-0.39, 0.29) is 5.41 Å². The van der Waals surface area contributed by atoms with Gasteiger partial charge in [0.2, 0.25) is 0 Å². The van der Waals surface area contributed by atoms with Crippen LogP contribution in [0.3, 0.4) is 0 Å². The molecule has 3 nitrogen and oxygen atoms in total. The predicted octanol–water partition coefficient (Wildman–Crippen LogP) is 11.1. The third-order valence-electron chi connectivity index (χ3n) is 9.77. The molecule has 4 heteroatoms. The summed E-state index contributed by atoms with van der Waals surface area (Å²) in [6, 6.07) is 46.0. The summed E-state index contributed by atoms with van der Waals surface area (Å²) in [5, 5.41) is 7.46. The maximum atomic E-state index is 5.59. The van der Waals surface area contributed by atoms with E-state index in [1.165, 1.54) is 58.4 Å². The van der Waals surface area contributed by atoms with Gasteiger partial charge in [0.25, 0.3) is 0 Å². The van der Waals surface area contributed by atoms with Crippen molar-refractivity contribution in [1.82, 2.24) is 14.5 Å². The Kier molecular flexibility index (Phi) is 4.94. The van der Waals surface area contributed by atoms with Crippen LogP contribution in [0.2, 0.25) is 0 Å². The predicted molar refractivity (Wildman–Crippen MR) is 190 cm³/mol. The summed E-state index contributed by atoms with van der Waals surface area (Å²) in [4.78, 5) is 11.0. The topological polar surface area (TPSA) is 30.7 Å². The first-order valence-electron chi connectivity index (χ1n) is 15.4. The molecule has 9 aromatic rings. The number of benzene rings is 6. The van der Waals surface area contributed by atoms with Gasteiger partial charge >= 0.3 is 0 Å². The van der Waals surface area contributed by atoms with Crippen molar-refractivity contribution in [2.24, 2.45) is 0 Å². The zero-order valence-corrected chi connectivity index (χ0v) is 25.7. The summed E-state index contributed by atoms with van der Waals surface area (Å²) in [6.07, 6.45) is 0. The molecule has 0 aliphatic heterocycles. The van der Waals surface area contributed by atoms with Crippen LogP contribution in [0.5, 0.6) is 0 Å². The Balaban J connectivity index is 1.38. The molecule has 3 heterocycles. The fourth-order valence-corrected chi connectivity index (χ4v) is 8.89. The molecule has 0 bridgehead atoms. The first-order chi connectivity index (χ1) is 22.1. The lowest BCUT2D eigenvalue weighted by Crippen LogP contribution is -2.19. The number of nitrogens with zero attached hydrogens (tertiary/aromatic N) is 3. The molecule has 0 amide bonds. The Morgan fingerprint density at radius 1 is 0.578 bits per heavy atom. The van der Waals surface area contributed by atoms with Gasteiger partial charge in [0, 0.05) is 53.1 Å². The molecule has 3 aromatic heterocycles. The molecule has 0 saturated heterocycles. The Bertz CT molecular complexity index is 2690. The molecule has 212 valence electrons. The van der Waals surface area contributed by atoms with Gasteiger partial charge < -0.3 is 0 Å². The summed E-state index contributed by atoms with van der Waals surface area (Å²) in [7, 11) is 0. The summed E-state index contributed by atoms with van der Waals surface area (Å²) in [5.41, 5.74) is 7.79. The summed E-state index contributed by atoms with van der Waals surface area (Å²) in [6.45, 7) is 4.64. The number of fused-ring (bicyclic) bond motifs is 10. The Morgan fingerprint density at radius 3 is 2.16 bits per heavy atom. The number of rotatable bonds is 2. The van der Waals surface area contributed by atoms with Crippen LogP contribution in [0.1, 0.15) is 25.0 Å². The van der Waals surface area contributed by atoms with E-state index in [2.05, 4.69) is 146 Å². The minimum atomic E-state index is -0.280. The lowest BCUT2D eigenvalue weighted by molar-refractivity contribution is 0.650. The van der Waals surface area contributed by atoms with Crippen LogP contribution in [0.4, 0.5) is 0 Å². The molecule has 0 N–H and O–H groups in total. The average molecular weight is 594 g/mol. The highest BCUT2D eigenvalue weighted by Crippen LogP contribution is 2.51. The first-order valence-corrected chi connectivity index (χ1v) is 16.2. The van der Waals surface area contributed by atoms with Crippen LogP contribution in [0, 0.1) is 0 Å². The molecule has 0 atom stereocenters. The fraction of sp³-hybridized carbons (Fsp3) is 0.0732. The molecule has 0 spiro atoms. The zero-order valence-electron chi connectivity index (χ0n) is 24.9. The maximum Gasteiger partial charge on any atom is 0.163 e. The number of aromatic nitrogens is 3. The Labute approximate surface area is 264 Å². The van der Waals surface area contributed by atoms with E-state index in [1.807, 2.05) is 11.3 Å². The highest BCUT2D eigenvalue weighted by molar-refractivity contribution is 7.26.